The van der Waals surface area contributed by atoms with Crippen molar-refractivity contribution in [3.63, 3.8) is 0 Å². The SMILES string of the molecule is CNCc1cc(Cl)cc(OC)c1OCC=C(C)C. The Bertz CT molecular complexity index is 426. The summed E-state index contributed by atoms with van der Waals surface area (Å²) < 4.78 is 11.1. The number of allylic oxidation sites excluding steroid dienone is 1. The summed E-state index contributed by atoms with van der Waals surface area (Å²) in [6.07, 6.45) is 2.03. The first kappa shape index (κ1) is 14.9. The lowest BCUT2D eigenvalue weighted by atomic mass is 10.2. The second-order valence-corrected chi connectivity index (χ2v) is 4.66. The topological polar surface area (TPSA) is 30.5 Å². The fraction of sp³-hybridized carbons (Fsp3) is 0.429. The summed E-state index contributed by atoms with van der Waals surface area (Å²) in [7, 11) is 3.50. The molecule has 3 nitrogen and oxygen atoms in total. The highest BCUT2D eigenvalue weighted by molar-refractivity contribution is 6.30. The van der Waals surface area contributed by atoms with E-state index in [1.165, 1.54) is 5.57 Å². The summed E-state index contributed by atoms with van der Waals surface area (Å²) in [5, 5.41) is 3.74. The quantitative estimate of drug-likeness (QED) is 0.803. The van der Waals surface area contributed by atoms with E-state index in [-0.39, 0.29) is 0 Å². The molecule has 100 valence electrons. The summed E-state index contributed by atoms with van der Waals surface area (Å²) in [5.41, 5.74) is 2.21. The van der Waals surface area contributed by atoms with E-state index < -0.39 is 0 Å². The molecule has 0 bridgehead atoms. The molecule has 1 aromatic carbocycles. The van der Waals surface area contributed by atoms with Crippen molar-refractivity contribution in [1.29, 1.82) is 0 Å². The Labute approximate surface area is 114 Å². The molecule has 0 fully saturated rings. The van der Waals surface area contributed by atoms with E-state index >= 15 is 0 Å². The van der Waals surface area contributed by atoms with Gasteiger partial charge in [-0.2, -0.15) is 0 Å². The molecule has 0 aliphatic heterocycles. The van der Waals surface area contributed by atoms with E-state index in [9.17, 15) is 0 Å². The van der Waals surface area contributed by atoms with Crippen molar-refractivity contribution in [1.82, 2.24) is 5.32 Å². The molecule has 1 N–H and O–H groups in total. The summed E-state index contributed by atoms with van der Waals surface area (Å²) in [6, 6.07) is 3.65. The molecule has 0 aliphatic carbocycles. The first-order valence-electron chi connectivity index (χ1n) is 5.85. The number of hydrogen-bond acceptors (Lipinski definition) is 3. The Morgan fingerprint density at radius 1 is 1.39 bits per heavy atom. The van der Waals surface area contributed by atoms with Crippen molar-refractivity contribution >= 4 is 11.6 Å². The lowest BCUT2D eigenvalue weighted by Crippen LogP contribution is -2.09. The van der Waals surface area contributed by atoms with Gasteiger partial charge in [0.2, 0.25) is 0 Å². The summed E-state index contributed by atoms with van der Waals surface area (Å²) in [6.45, 7) is 5.28. The minimum Gasteiger partial charge on any atom is -0.493 e. The number of hydrogen-bond donors (Lipinski definition) is 1. The second kappa shape index (κ2) is 7.29. The predicted octanol–water partition coefficient (Wildman–Crippen LogP) is 3.41. The van der Waals surface area contributed by atoms with Crippen LogP contribution in [0.15, 0.2) is 23.8 Å². The molecule has 4 heteroatoms. The molecule has 1 rings (SSSR count). The molecule has 18 heavy (non-hydrogen) atoms. The molecule has 0 saturated heterocycles. The van der Waals surface area contributed by atoms with Crippen LogP contribution in [0.2, 0.25) is 5.02 Å². The Morgan fingerprint density at radius 3 is 2.67 bits per heavy atom. The molecule has 0 aromatic heterocycles. The van der Waals surface area contributed by atoms with Gasteiger partial charge in [0.15, 0.2) is 11.5 Å². The normalized spacial score (nSPS) is 10.1. The highest BCUT2D eigenvalue weighted by atomic mass is 35.5. The first-order chi connectivity index (χ1) is 8.58. The van der Waals surface area contributed by atoms with Gasteiger partial charge in [0.1, 0.15) is 6.61 Å². The number of rotatable bonds is 6. The van der Waals surface area contributed by atoms with E-state index in [2.05, 4.69) is 5.32 Å². The monoisotopic (exact) mass is 269 g/mol. The van der Waals surface area contributed by atoms with Crippen molar-refractivity contribution in [2.75, 3.05) is 20.8 Å². The third-order valence-electron chi connectivity index (χ3n) is 2.40. The molecule has 0 heterocycles. The van der Waals surface area contributed by atoms with Crippen LogP contribution in [-0.2, 0) is 6.54 Å². The molecule has 0 unspecified atom stereocenters. The molecule has 0 aliphatic rings. The van der Waals surface area contributed by atoms with E-state index in [0.29, 0.717) is 23.9 Å². The molecule has 0 amide bonds. The minimum atomic E-state index is 0.525. The first-order valence-corrected chi connectivity index (χ1v) is 6.23. The average molecular weight is 270 g/mol. The summed E-state index contributed by atoms with van der Waals surface area (Å²) >= 11 is 6.05. The van der Waals surface area contributed by atoms with Crippen LogP contribution in [0.1, 0.15) is 19.4 Å². The van der Waals surface area contributed by atoms with Gasteiger partial charge in [0.05, 0.1) is 7.11 Å². The second-order valence-electron chi connectivity index (χ2n) is 4.22. The largest absolute Gasteiger partial charge is 0.493 e. The number of halogens is 1. The van der Waals surface area contributed by atoms with Crippen LogP contribution in [0.4, 0.5) is 0 Å². The van der Waals surface area contributed by atoms with Crippen molar-refractivity contribution in [3.8, 4) is 11.5 Å². The Kier molecular flexibility index (Phi) is 6.02. The third kappa shape index (κ3) is 4.24. The maximum atomic E-state index is 6.05. The standard InChI is InChI=1S/C14H20ClNO2/c1-10(2)5-6-18-14-11(9-16-3)7-12(15)8-13(14)17-4/h5,7-8,16H,6,9H2,1-4H3. The van der Waals surface area contributed by atoms with E-state index in [0.717, 1.165) is 11.3 Å². The third-order valence-corrected chi connectivity index (χ3v) is 2.62. The highest BCUT2D eigenvalue weighted by Gasteiger charge is 2.11. The van der Waals surface area contributed by atoms with E-state index in [4.69, 9.17) is 21.1 Å². The number of nitrogens with one attached hydrogen (secondary N) is 1. The lowest BCUT2D eigenvalue weighted by Gasteiger charge is -2.15. The van der Waals surface area contributed by atoms with Gasteiger partial charge in [0.25, 0.3) is 0 Å². The van der Waals surface area contributed by atoms with Crippen LogP contribution in [0.3, 0.4) is 0 Å². The predicted molar refractivity (Wildman–Crippen MR) is 75.7 cm³/mol. The number of benzene rings is 1. The molecular formula is C14H20ClNO2. The zero-order valence-corrected chi connectivity index (χ0v) is 12.1. The van der Waals surface area contributed by atoms with Gasteiger partial charge in [0, 0.05) is 23.2 Å². The van der Waals surface area contributed by atoms with Crippen LogP contribution in [0.25, 0.3) is 0 Å². The molecule has 0 saturated carbocycles. The van der Waals surface area contributed by atoms with Gasteiger partial charge in [-0.1, -0.05) is 17.2 Å². The van der Waals surface area contributed by atoms with Gasteiger partial charge < -0.3 is 14.8 Å². The van der Waals surface area contributed by atoms with Crippen molar-refractivity contribution in [2.45, 2.75) is 20.4 Å². The van der Waals surface area contributed by atoms with Crippen LogP contribution < -0.4 is 14.8 Å². The van der Waals surface area contributed by atoms with Crippen LogP contribution in [0, 0.1) is 0 Å². The number of ether oxygens (including phenoxy) is 2. The van der Waals surface area contributed by atoms with E-state index in [1.807, 2.05) is 33.0 Å². The fourth-order valence-electron chi connectivity index (χ4n) is 1.55. The summed E-state index contributed by atoms with van der Waals surface area (Å²) in [4.78, 5) is 0. The maximum absolute atomic E-state index is 6.05. The lowest BCUT2D eigenvalue weighted by molar-refractivity contribution is 0.322. The smallest absolute Gasteiger partial charge is 0.166 e. The Balaban J connectivity index is 3.00. The average Bonchev–Trinajstić information content (AvgIpc) is 2.31. The van der Waals surface area contributed by atoms with Crippen LogP contribution in [-0.4, -0.2) is 20.8 Å². The highest BCUT2D eigenvalue weighted by Crippen LogP contribution is 2.34. The Hall–Kier alpha value is -1.19. The zero-order chi connectivity index (χ0) is 13.5. The van der Waals surface area contributed by atoms with Crippen molar-refractivity contribution in [2.24, 2.45) is 0 Å². The van der Waals surface area contributed by atoms with Gasteiger partial charge in [-0.05, 0) is 33.0 Å². The fourth-order valence-corrected chi connectivity index (χ4v) is 1.78. The van der Waals surface area contributed by atoms with E-state index in [1.54, 1.807) is 13.2 Å². The number of methoxy groups -OCH3 is 1. The summed E-state index contributed by atoms with van der Waals surface area (Å²) in [5.74, 6) is 1.41. The van der Waals surface area contributed by atoms with Gasteiger partial charge in [-0.25, -0.2) is 0 Å². The van der Waals surface area contributed by atoms with Crippen molar-refractivity contribution < 1.29 is 9.47 Å². The molecule has 1 aromatic rings. The van der Waals surface area contributed by atoms with Gasteiger partial charge in [-0.15, -0.1) is 0 Å². The molecule has 0 radical (unpaired) electrons. The zero-order valence-electron chi connectivity index (χ0n) is 11.3. The minimum absolute atomic E-state index is 0.525. The van der Waals surface area contributed by atoms with Crippen LogP contribution >= 0.6 is 11.6 Å². The van der Waals surface area contributed by atoms with Crippen LogP contribution in [0.5, 0.6) is 11.5 Å². The van der Waals surface area contributed by atoms with Crippen molar-refractivity contribution in [3.05, 3.63) is 34.4 Å². The van der Waals surface area contributed by atoms with Gasteiger partial charge >= 0.3 is 0 Å². The maximum Gasteiger partial charge on any atom is 0.166 e. The molecule has 0 atom stereocenters. The molecule has 0 spiro atoms. The Morgan fingerprint density at radius 2 is 2.11 bits per heavy atom. The molecular weight excluding hydrogens is 250 g/mol. The van der Waals surface area contributed by atoms with Gasteiger partial charge in [-0.3, -0.25) is 0 Å².